The van der Waals surface area contributed by atoms with Crippen molar-refractivity contribution < 1.29 is 18.9 Å². The van der Waals surface area contributed by atoms with Crippen LogP contribution in [0.5, 0.6) is 11.5 Å². The molecule has 2 aliphatic heterocycles. The lowest BCUT2D eigenvalue weighted by Gasteiger charge is -2.32. The molecule has 0 radical (unpaired) electrons. The first-order valence-electron chi connectivity index (χ1n) is 18.0. The fourth-order valence-electron chi connectivity index (χ4n) is 8.20. The lowest BCUT2D eigenvalue weighted by Crippen LogP contribution is -2.28. The summed E-state index contributed by atoms with van der Waals surface area (Å²) >= 11 is 0. The molecule has 2 atom stereocenters. The molecule has 5 aromatic carbocycles. The summed E-state index contributed by atoms with van der Waals surface area (Å²) in [6.45, 7) is 18.0. The quantitative estimate of drug-likeness (QED) is 0.157. The molecule has 1 fully saturated rings. The molecule has 264 valence electrons. The first-order chi connectivity index (χ1) is 25.0. The minimum absolute atomic E-state index is 0.184. The zero-order valence-corrected chi connectivity index (χ0v) is 33.1. The van der Waals surface area contributed by atoms with E-state index in [1.54, 1.807) is 0 Å². The van der Waals surface area contributed by atoms with Crippen molar-refractivity contribution in [1.82, 2.24) is 0 Å². The lowest BCUT2D eigenvalue weighted by atomic mass is 9.92. The second-order valence-corrected chi connectivity index (χ2v) is 19.2. The van der Waals surface area contributed by atoms with Crippen molar-refractivity contribution in [2.24, 2.45) is 0 Å². The van der Waals surface area contributed by atoms with E-state index in [4.69, 9.17) is 18.9 Å². The second kappa shape index (κ2) is 14.1. The van der Waals surface area contributed by atoms with Gasteiger partial charge in [0.15, 0.2) is 11.5 Å². The van der Waals surface area contributed by atoms with E-state index >= 15 is 0 Å². The van der Waals surface area contributed by atoms with Crippen LogP contribution in [-0.4, -0.2) is 25.8 Å². The van der Waals surface area contributed by atoms with E-state index < -0.39 is 15.8 Å². The van der Waals surface area contributed by atoms with Crippen molar-refractivity contribution in [2.45, 2.75) is 67.6 Å². The summed E-state index contributed by atoms with van der Waals surface area (Å²) in [7, 11) is -1.94. The predicted octanol–water partition coefficient (Wildman–Crippen LogP) is 8.80. The van der Waals surface area contributed by atoms with Crippen molar-refractivity contribution in [2.75, 3.05) is 13.6 Å². The first-order valence-corrected chi connectivity index (χ1v) is 20.7. The average Bonchev–Trinajstić information content (AvgIpc) is 3.73. The van der Waals surface area contributed by atoms with Gasteiger partial charge in [-0.2, -0.15) is 0 Å². The van der Waals surface area contributed by atoms with Crippen molar-refractivity contribution in [1.29, 1.82) is 0 Å². The molecule has 52 heavy (non-hydrogen) atoms. The van der Waals surface area contributed by atoms with Crippen LogP contribution in [0.25, 0.3) is 5.57 Å². The number of fused-ring (bicyclic) bond motifs is 2. The van der Waals surface area contributed by atoms with Crippen molar-refractivity contribution in [3.63, 3.8) is 0 Å². The highest BCUT2D eigenvalue weighted by Gasteiger charge is 2.40. The largest absolute Gasteiger partial charge is 0.454 e. The Labute approximate surface area is 311 Å². The van der Waals surface area contributed by atoms with Crippen LogP contribution in [0.3, 0.4) is 0 Å². The average molecular weight is 725 g/mol. The van der Waals surface area contributed by atoms with Crippen LogP contribution in [0.4, 0.5) is 0 Å². The van der Waals surface area contributed by atoms with Crippen LogP contribution >= 0.6 is 15.8 Å². The van der Waals surface area contributed by atoms with Crippen LogP contribution in [0.15, 0.2) is 102 Å². The molecule has 4 nitrogen and oxygen atoms in total. The maximum absolute atomic E-state index is 6.55. The van der Waals surface area contributed by atoms with E-state index in [0.29, 0.717) is 0 Å². The molecule has 8 rings (SSSR count). The van der Waals surface area contributed by atoms with Gasteiger partial charge in [-0.3, -0.25) is 0 Å². The van der Waals surface area contributed by atoms with Crippen LogP contribution in [-0.2, 0) is 9.47 Å². The third-order valence-corrected chi connectivity index (χ3v) is 14.7. The molecule has 3 aliphatic rings. The molecule has 2 heterocycles. The van der Waals surface area contributed by atoms with Crippen LogP contribution in [0.2, 0.25) is 0 Å². The highest BCUT2D eigenvalue weighted by molar-refractivity contribution is 7.80. The van der Waals surface area contributed by atoms with Gasteiger partial charge in [0.1, 0.15) is 19.0 Å². The van der Waals surface area contributed by atoms with Crippen LogP contribution < -0.4 is 36.0 Å². The molecular formula is C46H46O4P2. The van der Waals surface area contributed by atoms with E-state index in [-0.39, 0.29) is 25.8 Å². The second-order valence-electron chi connectivity index (χ2n) is 14.8. The fraction of sp³-hybridized carbons (Fsp3) is 0.261. The van der Waals surface area contributed by atoms with E-state index in [9.17, 15) is 0 Å². The molecule has 2 unspecified atom stereocenters. The van der Waals surface area contributed by atoms with Gasteiger partial charge in [-0.1, -0.05) is 129 Å². The predicted molar refractivity (Wildman–Crippen MR) is 219 cm³/mol. The Morgan fingerprint density at radius 1 is 0.462 bits per heavy atom. The highest BCUT2D eigenvalue weighted by Crippen LogP contribution is 2.55. The lowest BCUT2D eigenvalue weighted by molar-refractivity contribution is 0.0514. The summed E-state index contributed by atoms with van der Waals surface area (Å²) in [6.07, 6.45) is 4.06. The Hall–Kier alpha value is -4.04. The van der Waals surface area contributed by atoms with Gasteiger partial charge in [-0.05, 0) is 115 Å². The van der Waals surface area contributed by atoms with E-state index in [1.165, 1.54) is 76.3 Å². The third kappa shape index (κ3) is 6.79. The fourth-order valence-corrected chi connectivity index (χ4v) is 13.8. The van der Waals surface area contributed by atoms with E-state index in [0.717, 1.165) is 22.6 Å². The summed E-state index contributed by atoms with van der Waals surface area (Å²) in [6, 6.07) is 32.6. The SMILES string of the molecule is Cc1cc(C)cc(P(C2=C(c3cc(P(c4cc(C)cc(C)c4)c4cc(C)cc(C)c4)cc4c3OCO4)C3OCOC3C=C2)c2cc(C)cc(C)c2)c1. The van der Waals surface area contributed by atoms with Crippen molar-refractivity contribution >= 4 is 47.9 Å². The number of ether oxygens (including phenoxy) is 4. The van der Waals surface area contributed by atoms with Crippen molar-refractivity contribution in [3.8, 4) is 11.5 Å². The maximum Gasteiger partial charge on any atom is 0.231 e. The molecule has 1 saturated heterocycles. The number of hydrogen-bond acceptors (Lipinski definition) is 4. The van der Waals surface area contributed by atoms with Gasteiger partial charge in [-0.25, -0.2) is 0 Å². The minimum Gasteiger partial charge on any atom is -0.454 e. The molecule has 0 saturated carbocycles. The van der Waals surface area contributed by atoms with E-state index in [1.807, 2.05) is 0 Å². The Balaban J connectivity index is 1.43. The smallest absolute Gasteiger partial charge is 0.231 e. The van der Waals surface area contributed by atoms with Gasteiger partial charge >= 0.3 is 0 Å². The number of allylic oxidation sites excluding steroid dienone is 2. The Bertz CT molecular complexity index is 2100. The first kappa shape index (κ1) is 35.0. The number of benzene rings is 5. The standard InChI is InChI=1S/C46H46O4P2/c1-27-11-28(2)16-35(15-27)51(36-17-29(3)12-30(4)18-36)39-23-40(45-42(24-39)48-26-49-45)44-43(10-9-41-46(44)50-25-47-41)52(37-19-31(5)13-32(6)20-37)38-21-33(7)14-34(8)22-38/h9-24,41,46H,25-26H2,1-8H3. The normalized spacial score (nSPS) is 17.8. The van der Waals surface area contributed by atoms with Gasteiger partial charge in [-0.15, -0.1) is 0 Å². The van der Waals surface area contributed by atoms with Gasteiger partial charge in [0.05, 0.1) is 0 Å². The zero-order chi connectivity index (χ0) is 36.3. The van der Waals surface area contributed by atoms with Gasteiger partial charge in [0.2, 0.25) is 6.79 Å². The number of hydrogen-bond donors (Lipinski definition) is 0. The molecule has 0 bridgehead atoms. The molecule has 5 aromatic rings. The summed E-state index contributed by atoms with van der Waals surface area (Å²) < 4.78 is 25.5. The van der Waals surface area contributed by atoms with Crippen LogP contribution in [0, 0.1) is 55.4 Å². The van der Waals surface area contributed by atoms with Gasteiger partial charge < -0.3 is 18.9 Å². The number of aryl methyl sites for hydroxylation is 8. The minimum atomic E-state index is -0.991. The molecule has 0 amide bonds. The summed E-state index contributed by atoms with van der Waals surface area (Å²) in [5.41, 5.74) is 12.3. The molecular weight excluding hydrogens is 678 g/mol. The summed E-state index contributed by atoms with van der Waals surface area (Å²) in [5, 5.41) is 7.78. The monoisotopic (exact) mass is 724 g/mol. The topological polar surface area (TPSA) is 36.9 Å². The Morgan fingerprint density at radius 3 is 1.38 bits per heavy atom. The zero-order valence-electron chi connectivity index (χ0n) is 31.3. The van der Waals surface area contributed by atoms with Crippen molar-refractivity contribution in [3.05, 3.63) is 152 Å². The molecule has 6 heteroatoms. The molecule has 0 aromatic heterocycles. The highest BCUT2D eigenvalue weighted by atomic mass is 31.1. The Morgan fingerprint density at radius 2 is 0.904 bits per heavy atom. The maximum atomic E-state index is 6.55. The molecule has 0 spiro atoms. The van der Waals surface area contributed by atoms with Gasteiger partial charge in [0, 0.05) is 11.1 Å². The third-order valence-electron chi connectivity index (χ3n) is 9.92. The summed E-state index contributed by atoms with van der Waals surface area (Å²) in [4.78, 5) is 0. The molecule has 0 N–H and O–H groups in total. The number of rotatable bonds is 7. The summed E-state index contributed by atoms with van der Waals surface area (Å²) in [5.74, 6) is 1.57. The van der Waals surface area contributed by atoms with Crippen LogP contribution in [0.1, 0.15) is 50.1 Å². The Kier molecular flexibility index (Phi) is 9.48. The molecule has 1 aliphatic carbocycles. The van der Waals surface area contributed by atoms with E-state index in [2.05, 4.69) is 152 Å². The van der Waals surface area contributed by atoms with Gasteiger partial charge in [0.25, 0.3) is 0 Å².